The van der Waals surface area contributed by atoms with Crippen molar-refractivity contribution in [3.05, 3.63) is 59.5 Å². The third-order valence-electron chi connectivity index (χ3n) is 3.43. The molecule has 0 bridgehead atoms. The molecule has 8 heteroatoms. The molecule has 0 fully saturated rings. The van der Waals surface area contributed by atoms with E-state index in [9.17, 15) is 8.78 Å². The van der Waals surface area contributed by atoms with Crippen LogP contribution in [-0.4, -0.2) is 24.4 Å². The quantitative estimate of drug-likeness (QED) is 0.422. The molecule has 27 heavy (non-hydrogen) atoms. The van der Waals surface area contributed by atoms with Crippen LogP contribution in [0.3, 0.4) is 0 Å². The van der Waals surface area contributed by atoms with Gasteiger partial charge in [0.1, 0.15) is 0 Å². The number of hydrazone groups is 1. The molecule has 0 saturated heterocycles. The van der Waals surface area contributed by atoms with Crippen LogP contribution in [0.15, 0.2) is 59.0 Å². The first-order chi connectivity index (χ1) is 13.2. The number of alkyl halides is 2. The Hall–Kier alpha value is -3.00. The molecule has 3 rings (SSSR count). The molecule has 5 nitrogen and oxygen atoms in total. The van der Waals surface area contributed by atoms with E-state index in [2.05, 4.69) is 20.2 Å². The Morgan fingerprint density at radius 1 is 1.19 bits per heavy atom. The normalized spacial score (nSPS) is 11.1. The van der Waals surface area contributed by atoms with Crippen molar-refractivity contribution in [1.29, 1.82) is 0 Å². The number of benzene rings is 2. The number of nitrogens with one attached hydrogen (secondary N) is 1. The molecule has 140 valence electrons. The maximum atomic E-state index is 12.4. The van der Waals surface area contributed by atoms with Crippen molar-refractivity contribution >= 4 is 22.7 Å². The summed E-state index contributed by atoms with van der Waals surface area (Å²) >= 11 is 1.44. The maximum Gasteiger partial charge on any atom is 0.387 e. The summed E-state index contributed by atoms with van der Waals surface area (Å²) in [5, 5.41) is 6.73. The lowest BCUT2D eigenvalue weighted by molar-refractivity contribution is -0.0514. The van der Waals surface area contributed by atoms with Gasteiger partial charge in [0, 0.05) is 10.9 Å². The molecule has 0 aliphatic heterocycles. The van der Waals surface area contributed by atoms with Gasteiger partial charge in [0.15, 0.2) is 11.5 Å². The fraction of sp³-hybridized carbons (Fsp3) is 0.158. The molecule has 1 N–H and O–H groups in total. The van der Waals surface area contributed by atoms with E-state index in [4.69, 9.17) is 4.74 Å². The smallest absolute Gasteiger partial charge is 0.387 e. The summed E-state index contributed by atoms with van der Waals surface area (Å²) in [6, 6.07) is 14.5. The van der Waals surface area contributed by atoms with Crippen LogP contribution in [0.1, 0.15) is 12.5 Å². The minimum absolute atomic E-state index is 0.00983. The van der Waals surface area contributed by atoms with E-state index >= 15 is 0 Å². The first-order valence-corrected chi connectivity index (χ1v) is 9.05. The fourth-order valence-corrected chi connectivity index (χ4v) is 2.96. The van der Waals surface area contributed by atoms with E-state index in [1.807, 2.05) is 35.7 Å². The largest absolute Gasteiger partial charge is 0.490 e. The van der Waals surface area contributed by atoms with Gasteiger partial charge in [-0.3, -0.25) is 5.43 Å². The number of anilines is 1. The van der Waals surface area contributed by atoms with E-state index in [-0.39, 0.29) is 11.5 Å². The predicted molar refractivity (Wildman–Crippen MR) is 103 cm³/mol. The van der Waals surface area contributed by atoms with Gasteiger partial charge in [0.05, 0.1) is 18.5 Å². The number of ether oxygens (including phenoxy) is 2. The number of thiazole rings is 1. The van der Waals surface area contributed by atoms with Gasteiger partial charge in [-0.25, -0.2) is 4.98 Å². The molecular formula is C19H17F2N3O2S. The van der Waals surface area contributed by atoms with Crippen LogP contribution < -0.4 is 14.9 Å². The Balaban J connectivity index is 1.67. The summed E-state index contributed by atoms with van der Waals surface area (Å²) in [6.45, 7) is -0.810. The molecule has 1 heterocycles. The van der Waals surface area contributed by atoms with Crippen LogP contribution in [0, 0.1) is 0 Å². The third kappa shape index (κ3) is 5.24. The number of nitrogens with zero attached hydrogens (tertiary/aromatic N) is 2. The summed E-state index contributed by atoms with van der Waals surface area (Å²) in [5.74, 6) is 0.228. The van der Waals surface area contributed by atoms with E-state index in [0.717, 1.165) is 11.3 Å². The number of hydrogen-bond acceptors (Lipinski definition) is 6. The molecule has 1 aromatic heterocycles. The van der Waals surface area contributed by atoms with Gasteiger partial charge >= 0.3 is 6.61 Å². The minimum Gasteiger partial charge on any atom is -0.490 e. The zero-order valence-corrected chi connectivity index (χ0v) is 15.2. The first kappa shape index (κ1) is 18.8. The summed E-state index contributed by atoms with van der Waals surface area (Å²) in [5.41, 5.74) is 5.44. The van der Waals surface area contributed by atoms with Crippen LogP contribution in [0.4, 0.5) is 13.9 Å². The number of rotatable bonds is 8. The molecule has 3 aromatic rings. The lowest BCUT2D eigenvalue weighted by Gasteiger charge is -2.11. The highest BCUT2D eigenvalue weighted by atomic mass is 32.1. The van der Waals surface area contributed by atoms with E-state index < -0.39 is 6.61 Å². The van der Waals surface area contributed by atoms with Crippen molar-refractivity contribution in [3.63, 3.8) is 0 Å². The summed E-state index contributed by atoms with van der Waals surface area (Å²) < 4.78 is 34.7. The Morgan fingerprint density at radius 3 is 2.74 bits per heavy atom. The van der Waals surface area contributed by atoms with Gasteiger partial charge in [-0.1, -0.05) is 30.3 Å². The maximum absolute atomic E-state index is 12.4. The van der Waals surface area contributed by atoms with Crippen molar-refractivity contribution in [3.8, 4) is 22.8 Å². The van der Waals surface area contributed by atoms with Gasteiger partial charge < -0.3 is 9.47 Å². The monoisotopic (exact) mass is 389 g/mol. The molecule has 0 radical (unpaired) electrons. The predicted octanol–water partition coefficient (Wildman–Crippen LogP) is 5.26. The highest BCUT2D eigenvalue weighted by Crippen LogP contribution is 2.29. The zero-order valence-electron chi connectivity index (χ0n) is 14.4. The Morgan fingerprint density at radius 2 is 2.00 bits per heavy atom. The van der Waals surface area contributed by atoms with Crippen molar-refractivity contribution in [2.24, 2.45) is 5.10 Å². The highest BCUT2D eigenvalue weighted by molar-refractivity contribution is 7.14. The molecule has 2 aromatic carbocycles. The van der Waals surface area contributed by atoms with Gasteiger partial charge in [0.25, 0.3) is 0 Å². The first-order valence-electron chi connectivity index (χ1n) is 8.17. The van der Waals surface area contributed by atoms with Crippen molar-refractivity contribution in [2.75, 3.05) is 12.0 Å². The van der Waals surface area contributed by atoms with Crippen LogP contribution in [0.5, 0.6) is 11.5 Å². The van der Waals surface area contributed by atoms with Crippen LogP contribution >= 0.6 is 11.3 Å². The van der Waals surface area contributed by atoms with Gasteiger partial charge in [-0.2, -0.15) is 13.9 Å². The second-order valence-electron chi connectivity index (χ2n) is 5.29. The second-order valence-corrected chi connectivity index (χ2v) is 6.15. The Labute approximate surface area is 159 Å². The van der Waals surface area contributed by atoms with Crippen molar-refractivity contribution in [2.45, 2.75) is 13.5 Å². The van der Waals surface area contributed by atoms with Crippen LogP contribution in [0.2, 0.25) is 0 Å². The average molecular weight is 389 g/mol. The fourth-order valence-electron chi connectivity index (χ4n) is 2.30. The van der Waals surface area contributed by atoms with Gasteiger partial charge in [0.2, 0.25) is 5.13 Å². The molecule has 0 aliphatic carbocycles. The lowest BCUT2D eigenvalue weighted by atomic mass is 10.2. The van der Waals surface area contributed by atoms with Crippen molar-refractivity contribution < 1.29 is 18.3 Å². The highest BCUT2D eigenvalue weighted by Gasteiger charge is 2.11. The van der Waals surface area contributed by atoms with Crippen LogP contribution in [-0.2, 0) is 0 Å². The lowest BCUT2D eigenvalue weighted by Crippen LogP contribution is -2.05. The topological polar surface area (TPSA) is 55.7 Å². The van der Waals surface area contributed by atoms with Gasteiger partial charge in [-0.05, 0) is 30.7 Å². The average Bonchev–Trinajstić information content (AvgIpc) is 3.13. The number of hydrogen-bond donors (Lipinski definition) is 1. The Bertz CT molecular complexity index is 901. The molecule has 0 saturated carbocycles. The molecule has 0 amide bonds. The van der Waals surface area contributed by atoms with E-state index in [1.54, 1.807) is 25.3 Å². The van der Waals surface area contributed by atoms with Crippen LogP contribution in [0.25, 0.3) is 11.3 Å². The SMILES string of the molecule is CCOc1cc(C=NNc2nc(-c3ccccc3)cs2)ccc1OC(F)F. The summed E-state index contributed by atoms with van der Waals surface area (Å²) in [4.78, 5) is 4.47. The summed E-state index contributed by atoms with van der Waals surface area (Å²) in [6.07, 6.45) is 1.55. The molecular weight excluding hydrogens is 372 g/mol. The van der Waals surface area contributed by atoms with E-state index in [0.29, 0.717) is 17.3 Å². The van der Waals surface area contributed by atoms with Crippen molar-refractivity contribution in [1.82, 2.24) is 4.98 Å². The zero-order chi connectivity index (χ0) is 19.1. The molecule has 0 aliphatic rings. The van der Waals surface area contributed by atoms with E-state index in [1.165, 1.54) is 17.4 Å². The molecule has 0 spiro atoms. The Kier molecular flexibility index (Phi) is 6.32. The third-order valence-corrected chi connectivity index (χ3v) is 4.18. The summed E-state index contributed by atoms with van der Waals surface area (Å²) in [7, 11) is 0. The molecule has 0 atom stereocenters. The minimum atomic E-state index is -2.91. The second kappa shape index (κ2) is 9.09. The van der Waals surface area contributed by atoms with Gasteiger partial charge in [-0.15, -0.1) is 11.3 Å². The standard InChI is InChI=1S/C19H17F2N3O2S/c1-2-25-17-10-13(8-9-16(17)26-18(20)21)11-22-24-19-23-15(12-27-19)14-6-4-3-5-7-14/h3-12,18H,2H2,1H3,(H,23,24). The molecule has 0 unspecified atom stereocenters. The number of halogens is 2. The number of aromatic nitrogens is 1.